The predicted octanol–water partition coefficient (Wildman–Crippen LogP) is 1.82. The molecule has 116 valence electrons. The second-order valence-corrected chi connectivity index (χ2v) is 8.12. The molecule has 1 fully saturated rings. The van der Waals surface area contributed by atoms with Gasteiger partial charge in [0.25, 0.3) is 10.0 Å². The molecule has 1 aromatic heterocycles. The van der Waals surface area contributed by atoms with Gasteiger partial charge in [-0.2, -0.15) is 4.72 Å². The highest BCUT2D eigenvalue weighted by Crippen LogP contribution is 2.45. The van der Waals surface area contributed by atoms with Crippen molar-refractivity contribution in [2.24, 2.45) is 0 Å². The van der Waals surface area contributed by atoms with Crippen LogP contribution in [0.3, 0.4) is 0 Å². The molecule has 3 rings (SSSR count). The smallest absolute Gasteiger partial charge is 0.324 e. The highest BCUT2D eigenvalue weighted by Gasteiger charge is 2.53. The molecule has 6 nitrogen and oxygen atoms in total. The molecule has 1 aromatic carbocycles. The van der Waals surface area contributed by atoms with Crippen LogP contribution in [0.4, 0.5) is 0 Å². The number of carbonyl (C=O) groups is 1. The van der Waals surface area contributed by atoms with Gasteiger partial charge in [-0.25, -0.2) is 8.42 Å². The fraction of sp³-hybridized carbons (Fsp3) is 0.286. The minimum atomic E-state index is -3.86. The van der Waals surface area contributed by atoms with Crippen molar-refractivity contribution in [3.63, 3.8) is 0 Å². The Morgan fingerprint density at radius 1 is 1.32 bits per heavy atom. The van der Waals surface area contributed by atoms with Gasteiger partial charge in [0.05, 0.1) is 11.7 Å². The van der Waals surface area contributed by atoms with E-state index in [0.717, 1.165) is 16.9 Å². The van der Waals surface area contributed by atoms with Gasteiger partial charge >= 0.3 is 5.97 Å². The largest absolute Gasteiger partial charge is 0.480 e. The second kappa shape index (κ2) is 5.45. The Kier molecular flexibility index (Phi) is 3.75. The lowest BCUT2D eigenvalue weighted by Crippen LogP contribution is -2.61. The summed E-state index contributed by atoms with van der Waals surface area (Å²) in [5.74, 6) is -1.10. The number of hydrogen-bond donors (Lipinski definition) is 2. The van der Waals surface area contributed by atoms with E-state index in [1.807, 2.05) is 30.3 Å². The number of sulfonamides is 1. The lowest BCUT2D eigenvalue weighted by atomic mass is 9.66. The standard InChI is InChI=1S/C14H14N2O4S2/c17-13(18)14(16-22(19,20)12-8-15-9-21-12)6-11(7-14)10-4-2-1-3-5-10/h1-5,8-9,11,16H,6-7H2,(H,17,18). The molecule has 1 heterocycles. The zero-order valence-electron chi connectivity index (χ0n) is 11.5. The average Bonchev–Trinajstić information content (AvgIpc) is 2.98. The number of hydrogen-bond acceptors (Lipinski definition) is 5. The van der Waals surface area contributed by atoms with Crippen LogP contribution in [0.25, 0.3) is 0 Å². The van der Waals surface area contributed by atoms with Crippen molar-refractivity contribution in [1.29, 1.82) is 0 Å². The third-order valence-electron chi connectivity index (χ3n) is 3.87. The van der Waals surface area contributed by atoms with Gasteiger partial charge in [0.1, 0.15) is 5.54 Å². The summed E-state index contributed by atoms with van der Waals surface area (Å²) in [7, 11) is -3.86. The van der Waals surface area contributed by atoms with Crippen molar-refractivity contribution < 1.29 is 18.3 Å². The first-order valence-electron chi connectivity index (χ1n) is 6.64. The molecule has 0 aliphatic heterocycles. The van der Waals surface area contributed by atoms with E-state index in [-0.39, 0.29) is 23.0 Å². The van der Waals surface area contributed by atoms with Crippen LogP contribution in [0, 0.1) is 0 Å². The van der Waals surface area contributed by atoms with E-state index >= 15 is 0 Å². The highest BCUT2D eigenvalue weighted by molar-refractivity contribution is 7.91. The summed E-state index contributed by atoms with van der Waals surface area (Å²) < 4.78 is 26.9. The van der Waals surface area contributed by atoms with Crippen LogP contribution in [-0.2, 0) is 14.8 Å². The van der Waals surface area contributed by atoms with Crippen molar-refractivity contribution in [3.8, 4) is 0 Å². The number of rotatable bonds is 5. The molecule has 0 amide bonds. The maximum atomic E-state index is 12.2. The van der Waals surface area contributed by atoms with Gasteiger partial charge in [-0.05, 0) is 24.3 Å². The predicted molar refractivity (Wildman–Crippen MR) is 81.2 cm³/mol. The van der Waals surface area contributed by atoms with Crippen LogP contribution >= 0.6 is 11.3 Å². The van der Waals surface area contributed by atoms with Crippen LogP contribution in [0.1, 0.15) is 24.3 Å². The monoisotopic (exact) mass is 338 g/mol. The summed E-state index contributed by atoms with van der Waals surface area (Å²) in [5.41, 5.74) is 0.982. The Balaban J connectivity index is 1.80. The van der Waals surface area contributed by atoms with E-state index < -0.39 is 21.5 Å². The summed E-state index contributed by atoms with van der Waals surface area (Å²) in [5, 5.41) is 9.47. The van der Waals surface area contributed by atoms with Gasteiger partial charge in [0.15, 0.2) is 4.21 Å². The van der Waals surface area contributed by atoms with Crippen molar-refractivity contribution in [2.75, 3.05) is 0 Å². The van der Waals surface area contributed by atoms with Crippen LogP contribution in [0.15, 0.2) is 46.2 Å². The topological polar surface area (TPSA) is 96.4 Å². The number of aliphatic carboxylic acids is 1. The molecule has 0 saturated heterocycles. The average molecular weight is 338 g/mol. The van der Waals surface area contributed by atoms with Crippen LogP contribution in [0.5, 0.6) is 0 Å². The fourth-order valence-electron chi connectivity index (χ4n) is 2.69. The summed E-state index contributed by atoms with van der Waals surface area (Å²) in [6.45, 7) is 0. The molecule has 2 N–H and O–H groups in total. The van der Waals surface area contributed by atoms with E-state index in [9.17, 15) is 18.3 Å². The van der Waals surface area contributed by atoms with Crippen molar-refractivity contribution in [2.45, 2.75) is 28.5 Å². The van der Waals surface area contributed by atoms with Crippen LogP contribution in [0.2, 0.25) is 0 Å². The Morgan fingerprint density at radius 2 is 2.00 bits per heavy atom. The quantitative estimate of drug-likeness (QED) is 0.867. The fourth-order valence-corrected chi connectivity index (χ4v) is 4.87. The van der Waals surface area contributed by atoms with Gasteiger partial charge < -0.3 is 5.11 Å². The first kappa shape index (κ1) is 15.1. The molecule has 0 bridgehead atoms. The third-order valence-corrected chi connectivity index (χ3v) is 6.68. The van der Waals surface area contributed by atoms with E-state index in [0.29, 0.717) is 0 Å². The maximum Gasteiger partial charge on any atom is 0.324 e. The maximum absolute atomic E-state index is 12.2. The first-order valence-corrected chi connectivity index (χ1v) is 9.00. The lowest BCUT2D eigenvalue weighted by Gasteiger charge is -2.44. The molecule has 1 aliphatic rings. The number of thiazole rings is 1. The van der Waals surface area contributed by atoms with Crippen molar-refractivity contribution >= 4 is 27.3 Å². The number of nitrogens with zero attached hydrogens (tertiary/aromatic N) is 1. The van der Waals surface area contributed by atoms with Crippen LogP contribution in [-0.4, -0.2) is 30.0 Å². The van der Waals surface area contributed by atoms with Gasteiger partial charge in [-0.3, -0.25) is 9.78 Å². The Labute approximate surface area is 131 Å². The molecule has 0 spiro atoms. The first-order chi connectivity index (χ1) is 10.4. The van der Waals surface area contributed by atoms with E-state index in [1.165, 1.54) is 11.7 Å². The number of carboxylic acids is 1. The number of nitrogens with one attached hydrogen (secondary N) is 1. The minimum absolute atomic E-state index is 0.0243. The molecule has 1 aliphatic carbocycles. The SMILES string of the molecule is O=C(O)C1(NS(=O)(=O)c2cncs2)CC(c2ccccc2)C1. The van der Waals surface area contributed by atoms with Crippen LogP contribution < -0.4 is 4.72 Å². The van der Waals surface area contributed by atoms with E-state index in [2.05, 4.69) is 9.71 Å². The molecule has 0 unspecified atom stereocenters. The lowest BCUT2D eigenvalue weighted by molar-refractivity contribution is -0.148. The Hall–Kier alpha value is -1.77. The van der Waals surface area contributed by atoms with E-state index in [4.69, 9.17) is 0 Å². The normalized spacial score (nSPS) is 24.6. The van der Waals surface area contributed by atoms with Gasteiger partial charge in [-0.15, -0.1) is 11.3 Å². The zero-order chi connectivity index (χ0) is 15.8. The molecular weight excluding hydrogens is 324 g/mol. The number of aromatic nitrogens is 1. The van der Waals surface area contributed by atoms with Crippen molar-refractivity contribution in [3.05, 3.63) is 47.6 Å². The molecule has 1 saturated carbocycles. The molecule has 8 heteroatoms. The minimum Gasteiger partial charge on any atom is -0.480 e. The molecule has 22 heavy (non-hydrogen) atoms. The second-order valence-electron chi connectivity index (χ2n) is 5.33. The van der Waals surface area contributed by atoms with E-state index in [1.54, 1.807) is 0 Å². The zero-order valence-corrected chi connectivity index (χ0v) is 13.1. The summed E-state index contributed by atoms with van der Waals surface area (Å²) >= 11 is 0.960. The van der Waals surface area contributed by atoms with Gasteiger partial charge in [-0.1, -0.05) is 30.3 Å². The Morgan fingerprint density at radius 3 is 2.55 bits per heavy atom. The highest BCUT2D eigenvalue weighted by atomic mass is 32.2. The third kappa shape index (κ3) is 2.65. The van der Waals surface area contributed by atoms with Crippen molar-refractivity contribution in [1.82, 2.24) is 9.71 Å². The molecule has 0 atom stereocenters. The molecular formula is C14H14N2O4S2. The summed E-state index contributed by atoms with van der Waals surface area (Å²) in [6, 6.07) is 9.51. The number of carboxylic acid groups (broad SMARTS) is 1. The summed E-state index contributed by atoms with van der Waals surface area (Å²) in [6.07, 6.45) is 1.70. The number of benzene rings is 1. The van der Waals surface area contributed by atoms with Gasteiger partial charge in [0.2, 0.25) is 0 Å². The molecule has 2 aromatic rings. The molecule has 0 radical (unpaired) electrons. The van der Waals surface area contributed by atoms with Gasteiger partial charge in [0, 0.05) is 0 Å². The Bertz CT molecular complexity index is 766. The summed E-state index contributed by atoms with van der Waals surface area (Å²) in [4.78, 5) is 15.3.